The van der Waals surface area contributed by atoms with Crippen LogP contribution in [0.15, 0.2) is 12.1 Å². The van der Waals surface area contributed by atoms with Gasteiger partial charge in [0, 0.05) is 22.2 Å². The van der Waals surface area contributed by atoms with Crippen molar-refractivity contribution >= 4 is 17.2 Å². The summed E-state index contributed by atoms with van der Waals surface area (Å²) in [6.07, 6.45) is 2.28. The molecule has 1 heterocycles. The first kappa shape index (κ1) is 13.2. The topological polar surface area (TPSA) is 69.1 Å². The van der Waals surface area contributed by atoms with Gasteiger partial charge in [0.05, 0.1) is 0 Å². The second-order valence-electron chi connectivity index (χ2n) is 4.28. The van der Waals surface area contributed by atoms with Gasteiger partial charge in [-0.1, -0.05) is 13.8 Å². The second kappa shape index (κ2) is 6.01. The molecule has 2 unspecified atom stereocenters. The normalized spacial score (nSPS) is 14.7. The third kappa shape index (κ3) is 3.94. The van der Waals surface area contributed by atoms with Crippen molar-refractivity contribution in [1.29, 1.82) is 0 Å². The minimum absolute atomic E-state index is 0.0275. The molecular weight excluding hydrogens is 220 g/mol. The van der Waals surface area contributed by atoms with Gasteiger partial charge in [-0.3, -0.25) is 4.79 Å². The van der Waals surface area contributed by atoms with Gasteiger partial charge in [0.2, 0.25) is 5.91 Å². The predicted molar refractivity (Wildman–Crippen MR) is 68.2 cm³/mol. The summed E-state index contributed by atoms with van der Waals surface area (Å²) < 4.78 is 0. The van der Waals surface area contributed by atoms with Gasteiger partial charge < -0.3 is 11.5 Å². The zero-order chi connectivity index (χ0) is 12.1. The molecule has 1 amide bonds. The summed E-state index contributed by atoms with van der Waals surface area (Å²) in [5, 5.41) is 0. The van der Waals surface area contributed by atoms with E-state index in [-0.39, 0.29) is 17.9 Å². The average molecular weight is 240 g/mol. The van der Waals surface area contributed by atoms with Gasteiger partial charge in [-0.05, 0) is 30.9 Å². The van der Waals surface area contributed by atoms with Crippen LogP contribution in [0.2, 0.25) is 0 Å². The Bertz CT molecular complexity index is 349. The van der Waals surface area contributed by atoms with E-state index in [4.69, 9.17) is 11.5 Å². The van der Waals surface area contributed by atoms with Gasteiger partial charge in [-0.25, -0.2) is 0 Å². The quantitative estimate of drug-likeness (QED) is 0.800. The molecule has 0 saturated heterocycles. The van der Waals surface area contributed by atoms with Crippen molar-refractivity contribution in [1.82, 2.24) is 0 Å². The Hall–Kier alpha value is -0.870. The molecule has 1 aromatic rings. The van der Waals surface area contributed by atoms with E-state index in [1.165, 1.54) is 9.75 Å². The Labute approximate surface area is 101 Å². The third-order valence-corrected chi connectivity index (χ3v) is 3.96. The molecule has 90 valence electrons. The highest BCUT2D eigenvalue weighted by molar-refractivity contribution is 7.12. The molecule has 0 aliphatic carbocycles. The van der Waals surface area contributed by atoms with Crippen LogP contribution in [0.1, 0.15) is 42.5 Å². The molecule has 4 N–H and O–H groups in total. The fraction of sp³-hybridized carbons (Fsp3) is 0.583. The molecule has 16 heavy (non-hydrogen) atoms. The third-order valence-electron chi connectivity index (χ3n) is 2.60. The summed E-state index contributed by atoms with van der Waals surface area (Å²) in [5.41, 5.74) is 11.3. The lowest BCUT2D eigenvalue weighted by atomic mass is 9.98. The van der Waals surface area contributed by atoms with Crippen LogP contribution in [-0.4, -0.2) is 5.91 Å². The molecular formula is C12H20N2OS. The molecule has 0 fully saturated rings. The van der Waals surface area contributed by atoms with Crippen molar-refractivity contribution in [3.8, 4) is 0 Å². The van der Waals surface area contributed by atoms with Crippen molar-refractivity contribution in [3.05, 3.63) is 21.9 Å². The fourth-order valence-electron chi connectivity index (χ4n) is 1.76. The van der Waals surface area contributed by atoms with E-state index in [1.807, 2.05) is 6.92 Å². The van der Waals surface area contributed by atoms with Crippen LogP contribution in [0.3, 0.4) is 0 Å². The highest BCUT2D eigenvalue weighted by Gasteiger charge is 2.14. The number of hydrogen-bond acceptors (Lipinski definition) is 3. The molecule has 0 aliphatic rings. The zero-order valence-corrected chi connectivity index (χ0v) is 10.7. The van der Waals surface area contributed by atoms with Crippen LogP contribution in [0, 0.1) is 5.92 Å². The zero-order valence-electron chi connectivity index (χ0n) is 9.90. The number of carbonyl (C=O) groups is 1. The van der Waals surface area contributed by atoms with Gasteiger partial charge >= 0.3 is 0 Å². The molecule has 0 spiro atoms. The molecule has 3 nitrogen and oxygen atoms in total. The average Bonchev–Trinajstić information content (AvgIpc) is 2.64. The van der Waals surface area contributed by atoms with Crippen LogP contribution in [-0.2, 0) is 11.2 Å². The molecule has 0 aliphatic heterocycles. The first-order valence-corrected chi connectivity index (χ1v) is 6.47. The van der Waals surface area contributed by atoms with Crippen LogP contribution >= 0.6 is 11.3 Å². The molecule has 1 rings (SSSR count). The van der Waals surface area contributed by atoms with Crippen molar-refractivity contribution in [2.45, 2.75) is 39.2 Å². The van der Waals surface area contributed by atoms with Crippen LogP contribution in [0.25, 0.3) is 0 Å². The molecule has 2 atom stereocenters. The molecule has 0 saturated carbocycles. The van der Waals surface area contributed by atoms with E-state index in [1.54, 1.807) is 11.3 Å². The van der Waals surface area contributed by atoms with E-state index < -0.39 is 0 Å². The SMILES string of the molecule is CCc1ccc(C(N)CC(C)CC(N)=O)s1. The van der Waals surface area contributed by atoms with E-state index >= 15 is 0 Å². The molecule has 1 aromatic heterocycles. The molecule has 0 aromatic carbocycles. The van der Waals surface area contributed by atoms with Gasteiger partial charge in [0.15, 0.2) is 0 Å². The Kier molecular flexibility index (Phi) is 4.96. The number of primary amides is 1. The Morgan fingerprint density at radius 1 is 1.50 bits per heavy atom. The highest BCUT2D eigenvalue weighted by atomic mass is 32.1. The lowest BCUT2D eigenvalue weighted by Crippen LogP contribution is -2.19. The summed E-state index contributed by atoms with van der Waals surface area (Å²) in [6, 6.07) is 4.24. The molecule has 0 radical (unpaired) electrons. The van der Waals surface area contributed by atoms with Gasteiger partial charge in [0.1, 0.15) is 0 Å². The van der Waals surface area contributed by atoms with Crippen LogP contribution in [0.5, 0.6) is 0 Å². The number of carbonyl (C=O) groups excluding carboxylic acids is 1. The van der Waals surface area contributed by atoms with Crippen molar-refractivity contribution < 1.29 is 4.79 Å². The minimum atomic E-state index is -0.250. The highest BCUT2D eigenvalue weighted by Crippen LogP contribution is 2.27. The van der Waals surface area contributed by atoms with E-state index in [0.717, 1.165) is 12.8 Å². The Morgan fingerprint density at radius 2 is 2.19 bits per heavy atom. The lowest BCUT2D eigenvalue weighted by Gasteiger charge is -2.14. The minimum Gasteiger partial charge on any atom is -0.370 e. The Morgan fingerprint density at radius 3 is 2.69 bits per heavy atom. The summed E-state index contributed by atoms with van der Waals surface area (Å²) in [5.74, 6) is -0.000182. The van der Waals surface area contributed by atoms with Gasteiger partial charge in [0.25, 0.3) is 0 Å². The lowest BCUT2D eigenvalue weighted by molar-refractivity contribution is -0.118. The largest absolute Gasteiger partial charge is 0.370 e. The first-order valence-electron chi connectivity index (χ1n) is 5.65. The van der Waals surface area contributed by atoms with Gasteiger partial charge in [-0.2, -0.15) is 0 Å². The molecule has 4 heteroatoms. The number of hydrogen-bond donors (Lipinski definition) is 2. The van der Waals surface area contributed by atoms with Crippen LogP contribution < -0.4 is 11.5 Å². The number of rotatable bonds is 6. The van der Waals surface area contributed by atoms with Crippen LogP contribution in [0.4, 0.5) is 0 Å². The first-order chi connectivity index (χ1) is 7.52. The smallest absolute Gasteiger partial charge is 0.217 e. The second-order valence-corrected chi connectivity index (χ2v) is 5.48. The van der Waals surface area contributed by atoms with E-state index in [2.05, 4.69) is 19.1 Å². The summed E-state index contributed by atoms with van der Waals surface area (Å²) >= 11 is 1.76. The van der Waals surface area contributed by atoms with Crippen molar-refractivity contribution in [3.63, 3.8) is 0 Å². The van der Waals surface area contributed by atoms with E-state index in [0.29, 0.717) is 6.42 Å². The predicted octanol–water partition coefficient (Wildman–Crippen LogP) is 2.21. The maximum absolute atomic E-state index is 10.8. The van der Waals surface area contributed by atoms with E-state index in [9.17, 15) is 4.79 Å². The summed E-state index contributed by atoms with van der Waals surface area (Å²) in [6.45, 7) is 4.15. The maximum Gasteiger partial charge on any atom is 0.217 e. The number of aryl methyl sites for hydroxylation is 1. The van der Waals surface area contributed by atoms with Crippen molar-refractivity contribution in [2.75, 3.05) is 0 Å². The standard InChI is InChI=1S/C12H20N2OS/c1-3-9-4-5-11(16-9)10(13)6-8(2)7-12(14)15/h4-5,8,10H,3,6-7,13H2,1-2H3,(H2,14,15). The summed E-state index contributed by atoms with van der Waals surface area (Å²) in [7, 11) is 0. The monoisotopic (exact) mass is 240 g/mol. The summed E-state index contributed by atoms with van der Waals surface area (Å²) in [4.78, 5) is 13.3. The number of amides is 1. The Balaban J connectivity index is 2.51. The van der Waals surface area contributed by atoms with Crippen molar-refractivity contribution in [2.24, 2.45) is 17.4 Å². The number of nitrogens with two attached hydrogens (primary N) is 2. The molecule has 0 bridgehead atoms. The maximum atomic E-state index is 10.8. The number of thiophene rings is 1. The van der Waals surface area contributed by atoms with Gasteiger partial charge in [-0.15, -0.1) is 11.3 Å². The fourth-order valence-corrected chi connectivity index (χ4v) is 2.73.